The van der Waals surface area contributed by atoms with Gasteiger partial charge in [-0.05, 0) is 23.3 Å². The predicted octanol–water partition coefficient (Wildman–Crippen LogP) is 3.59. The van der Waals surface area contributed by atoms with E-state index in [9.17, 15) is 22.8 Å². The van der Waals surface area contributed by atoms with Crippen molar-refractivity contribution in [2.75, 3.05) is 0 Å². The zero-order valence-corrected chi connectivity index (χ0v) is 17.2. The van der Waals surface area contributed by atoms with Crippen LogP contribution in [0.4, 0.5) is 13.2 Å². The maximum atomic E-state index is 12.8. The van der Waals surface area contributed by atoms with E-state index in [-0.39, 0.29) is 11.7 Å². The molecule has 1 heterocycles. The van der Waals surface area contributed by atoms with Crippen LogP contribution in [0.15, 0.2) is 66.2 Å². The molecule has 0 aliphatic carbocycles. The number of thiazole rings is 1. The van der Waals surface area contributed by atoms with Gasteiger partial charge in [0, 0.05) is 23.7 Å². The Hall–Kier alpha value is -3.57. The SMILES string of the molecule is NCc1ccc(C(NC(=O)c2ccccc2)C(=O)c2nccs2)cc1.O=C(O)C(F)(F)F. The number of benzene rings is 2. The Morgan fingerprint density at radius 3 is 2.12 bits per heavy atom. The summed E-state index contributed by atoms with van der Waals surface area (Å²) in [6.07, 6.45) is -3.51. The van der Waals surface area contributed by atoms with Gasteiger partial charge >= 0.3 is 12.1 Å². The summed E-state index contributed by atoms with van der Waals surface area (Å²) in [4.78, 5) is 38.3. The molecule has 1 aromatic heterocycles. The highest BCUT2D eigenvalue weighted by molar-refractivity contribution is 7.11. The molecular weight excluding hydrogens is 447 g/mol. The minimum absolute atomic E-state index is 0.236. The number of nitrogens with two attached hydrogens (primary N) is 1. The fraction of sp³-hybridized carbons (Fsp3) is 0.143. The third-order valence-corrected chi connectivity index (χ3v) is 4.80. The van der Waals surface area contributed by atoms with E-state index in [4.69, 9.17) is 15.6 Å². The Labute approximate surface area is 184 Å². The van der Waals surface area contributed by atoms with E-state index in [0.29, 0.717) is 22.7 Å². The normalized spacial score (nSPS) is 11.6. The number of halogens is 3. The number of carbonyl (C=O) groups excluding carboxylic acids is 2. The van der Waals surface area contributed by atoms with Gasteiger partial charge in [0.05, 0.1) is 0 Å². The van der Waals surface area contributed by atoms with Gasteiger partial charge in [-0.2, -0.15) is 13.2 Å². The van der Waals surface area contributed by atoms with E-state index < -0.39 is 18.2 Å². The van der Waals surface area contributed by atoms with Gasteiger partial charge in [-0.25, -0.2) is 9.78 Å². The molecule has 3 aromatic rings. The summed E-state index contributed by atoms with van der Waals surface area (Å²) >= 11 is 1.25. The second kappa shape index (κ2) is 11.2. The number of ketones is 1. The van der Waals surface area contributed by atoms with Crippen molar-refractivity contribution in [2.24, 2.45) is 5.73 Å². The summed E-state index contributed by atoms with van der Waals surface area (Å²) in [6.45, 7) is 0.418. The number of hydrogen-bond acceptors (Lipinski definition) is 6. The third kappa shape index (κ3) is 7.00. The molecule has 1 atom stereocenters. The molecule has 0 bridgehead atoms. The van der Waals surface area contributed by atoms with Crippen LogP contribution in [0, 0.1) is 0 Å². The second-order valence-corrected chi connectivity index (χ2v) is 7.12. The molecular formula is C21H18F3N3O4S. The van der Waals surface area contributed by atoms with Crippen molar-refractivity contribution in [1.29, 1.82) is 0 Å². The topological polar surface area (TPSA) is 122 Å². The number of aliphatic carboxylic acids is 1. The van der Waals surface area contributed by atoms with Crippen molar-refractivity contribution in [3.8, 4) is 0 Å². The van der Waals surface area contributed by atoms with Crippen molar-refractivity contribution >= 4 is 29.0 Å². The molecule has 1 unspecified atom stereocenters. The van der Waals surface area contributed by atoms with Crippen LogP contribution >= 0.6 is 11.3 Å². The van der Waals surface area contributed by atoms with Crippen molar-refractivity contribution in [3.05, 3.63) is 87.9 Å². The number of carbonyl (C=O) groups is 3. The number of nitrogens with zero attached hydrogens (tertiary/aromatic N) is 1. The lowest BCUT2D eigenvalue weighted by atomic mass is 10.0. The summed E-state index contributed by atoms with van der Waals surface area (Å²) in [5.74, 6) is -3.30. The molecule has 3 rings (SSSR count). The molecule has 0 saturated carbocycles. The van der Waals surface area contributed by atoms with E-state index in [1.807, 2.05) is 30.3 Å². The van der Waals surface area contributed by atoms with Gasteiger partial charge in [0.1, 0.15) is 6.04 Å². The molecule has 168 valence electrons. The van der Waals surface area contributed by atoms with Gasteiger partial charge in [-0.3, -0.25) is 9.59 Å². The Morgan fingerprint density at radius 1 is 1.06 bits per heavy atom. The maximum absolute atomic E-state index is 12.8. The fourth-order valence-corrected chi connectivity index (χ4v) is 3.03. The molecule has 2 aromatic carbocycles. The zero-order valence-electron chi connectivity index (χ0n) is 16.4. The Balaban J connectivity index is 0.000000451. The number of alkyl halides is 3. The lowest BCUT2D eigenvalue weighted by molar-refractivity contribution is -0.192. The zero-order chi connectivity index (χ0) is 23.7. The fourth-order valence-electron chi connectivity index (χ4n) is 2.42. The smallest absolute Gasteiger partial charge is 0.475 e. The summed E-state index contributed by atoms with van der Waals surface area (Å²) < 4.78 is 31.7. The number of nitrogens with one attached hydrogen (secondary N) is 1. The molecule has 0 fully saturated rings. The lowest BCUT2D eigenvalue weighted by Crippen LogP contribution is -2.34. The third-order valence-electron chi connectivity index (χ3n) is 4.01. The summed E-state index contributed by atoms with van der Waals surface area (Å²) in [6, 6.07) is 15.3. The molecule has 1 amide bonds. The first-order valence-electron chi connectivity index (χ1n) is 9.02. The first-order chi connectivity index (χ1) is 15.1. The van der Waals surface area contributed by atoms with Crippen LogP contribution in [0.25, 0.3) is 0 Å². The van der Waals surface area contributed by atoms with Crippen LogP contribution < -0.4 is 11.1 Å². The molecule has 0 aliphatic heterocycles. The average molecular weight is 465 g/mol. The van der Waals surface area contributed by atoms with Gasteiger partial charge in [-0.1, -0.05) is 42.5 Å². The van der Waals surface area contributed by atoms with Crippen LogP contribution in [0.2, 0.25) is 0 Å². The number of carboxylic acids is 1. The van der Waals surface area contributed by atoms with Gasteiger partial charge in [0.2, 0.25) is 5.78 Å². The molecule has 0 aliphatic rings. The molecule has 0 saturated heterocycles. The Kier molecular flexibility index (Phi) is 8.62. The summed E-state index contributed by atoms with van der Waals surface area (Å²) in [5, 5.41) is 12.0. The number of hydrogen-bond donors (Lipinski definition) is 3. The summed E-state index contributed by atoms with van der Waals surface area (Å²) in [7, 11) is 0. The van der Waals surface area contributed by atoms with Crippen LogP contribution in [0.3, 0.4) is 0 Å². The molecule has 32 heavy (non-hydrogen) atoms. The number of rotatable bonds is 6. The Morgan fingerprint density at radius 2 is 1.66 bits per heavy atom. The highest BCUT2D eigenvalue weighted by Gasteiger charge is 2.38. The van der Waals surface area contributed by atoms with E-state index >= 15 is 0 Å². The van der Waals surface area contributed by atoms with Crippen molar-refractivity contribution < 1.29 is 32.7 Å². The van der Waals surface area contributed by atoms with Crippen LogP contribution in [-0.4, -0.2) is 33.9 Å². The first kappa shape index (κ1) is 24.7. The monoisotopic (exact) mass is 465 g/mol. The van der Waals surface area contributed by atoms with Gasteiger partial charge in [0.25, 0.3) is 5.91 Å². The minimum atomic E-state index is -5.08. The van der Waals surface area contributed by atoms with Gasteiger partial charge in [-0.15, -0.1) is 11.3 Å². The van der Waals surface area contributed by atoms with Gasteiger partial charge in [0.15, 0.2) is 5.01 Å². The Bertz CT molecular complexity index is 1040. The van der Waals surface area contributed by atoms with E-state index in [0.717, 1.165) is 5.56 Å². The average Bonchev–Trinajstić information content (AvgIpc) is 3.32. The largest absolute Gasteiger partial charge is 0.490 e. The highest BCUT2D eigenvalue weighted by Crippen LogP contribution is 2.21. The number of Topliss-reactive ketones (excluding diaryl/α,β-unsaturated/α-hetero) is 1. The van der Waals surface area contributed by atoms with E-state index in [2.05, 4.69) is 10.3 Å². The van der Waals surface area contributed by atoms with E-state index in [1.54, 1.807) is 35.8 Å². The predicted molar refractivity (Wildman–Crippen MR) is 111 cm³/mol. The highest BCUT2D eigenvalue weighted by atomic mass is 32.1. The quantitative estimate of drug-likeness (QED) is 0.478. The summed E-state index contributed by atoms with van der Waals surface area (Å²) in [5.41, 5.74) is 7.78. The number of amides is 1. The van der Waals surface area contributed by atoms with Crippen LogP contribution in [0.5, 0.6) is 0 Å². The standard InChI is InChI=1S/C19H17N3O2S.C2HF3O2/c20-12-13-6-8-14(9-7-13)16(17(23)19-21-10-11-25-19)22-18(24)15-4-2-1-3-5-15;3-2(4,5)1(6)7/h1-11,16H,12,20H2,(H,22,24);(H,6,7). The molecule has 0 spiro atoms. The molecule has 4 N–H and O–H groups in total. The number of aromatic nitrogens is 1. The van der Waals surface area contributed by atoms with Crippen molar-refractivity contribution in [3.63, 3.8) is 0 Å². The molecule has 0 radical (unpaired) electrons. The van der Waals surface area contributed by atoms with Crippen molar-refractivity contribution in [1.82, 2.24) is 10.3 Å². The lowest BCUT2D eigenvalue weighted by Gasteiger charge is -2.17. The van der Waals surface area contributed by atoms with E-state index in [1.165, 1.54) is 11.3 Å². The number of carboxylic acid groups (broad SMARTS) is 1. The van der Waals surface area contributed by atoms with Crippen molar-refractivity contribution in [2.45, 2.75) is 18.8 Å². The maximum Gasteiger partial charge on any atom is 0.490 e. The molecule has 7 nitrogen and oxygen atoms in total. The second-order valence-electron chi connectivity index (χ2n) is 6.22. The van der Waals surface area contributed by atoms with Gasteiger partial charge < -0.3 is 16.2 Å². The first-order valence-corrected chi connectivity index (χ1v) is 9.90. The molecule has 11 heteroatoms. The van der Waals surface area contributed by atoms with Crippen LogP contribution in [0.1, 0.15) is 37.3 Å². The van der Waals surface area contributed by atoms with Crippen LogP contribution in [-0.2, 0) is 11.3 Å². The minimum Gasteiger partial charge on any atom is -0.475 e.